The van der Waals surface area contributed by atoms with Crippen molar-refractivity contribution in [2.75, 3.05) is 0 Å². The topological polar surface area (TPSA) is 50.9 Å². The van der Waals surface area contributed by atoms with Crippen LogP contribution in [0.1, 0.15) is 19.9 Å². The Labute approximate surface area is 67.0 Å². The van der Waals surface area contributed by atoms with E-state index in [9.17, 15) is 0 Å². The maximum absolute atomic E-state index is 9.06. The Kier molecular flexibility index (Phi) is 1.94. The summed E-state index contributed by atoms with van der Waals surface area (Å²) >= 11 is 3.05. The van der Waals surface area contributed by atoms with Gasteiger partial charge in [-0.1, -0.05) is 0 Å². The molecule has 0 saturated carbocycles. The molecule has 0 radical (unpaired) electrons. The molecule has 0 atom stereocenters. The summed E-state index contributed by atoms with van der Waals surface area (Å²) in [6.07, 6.45) is 0. The summed E-state index contributed by atoms with van der Waals surface area (Å²) in [4.78, 5) is 3.66. The fourth-order valence-corrected chi connectivity index (χ4v) is 0.966. The van der Waals surface area contributed by atoms with E-state index in [-0.39, 0.29) is 12.1 Å². The first kappa shape index (κ1) is 7.53. The Balaban J connectivity index is 3.03. The molecule has 1 aromatic rings. The summed E-state index contributed by atoms with van der Waals surface area (Å²) in [6.45, 7) is 3.84. The van der Waals surface area contributed by atoms with Crippen molar-refractivity contribution in [2.45, 2.75) is 19.9 Å². The van der Waals surface area contributed by atoms with Crippen LogP contribution in [-0.4, -0.2) is 19.9 Å². The summed E-state index contributed by atoms with van der Waals surface area (Å²) in [5.41, 5.74) is 0. The first-order valence-corrected chi connectivity index (χ1v) is 3.71. The average Bonchev–Trinajstić information content (AvgIpc) is 2.10. The highest BCUT2D eigenvalue weighted by molar-refractivity contribution is 9.10. The molecule has 10 heavy (non-hydrogen) atoms. The Morgan fingerprint density at radius 3 is 2.40 bits per heavy atom. The molecule has 1 heterocycles. The van der Waals surface area contributed by atoms with Crippen LogP contribution in [0.5, 0.6) is 6.01 Å². The van der Waals surface area contributed by atoms with E-state index in [1.165, 1.54) is 4.68 Å². The van der Waals surface area contributed by atoms with Gasteiger partial charge in [0, 0.05) is 0 Å². The number of hydrogen-bond donors (Lipinski definition) is 1. The zero-order chi connectivity index (χ0) is 7.72. The molecule has 1 rings (SSSR count). The minimum atomic E-state index is -0.0538. The van der Waals surface area contributed by atoms with Crippen LogP contribution in [0.3, 0.4) is 0 Å². The van der Waals surface area contributed by atoms with E-state index in [1.54, 1.807) is 0 Å². The SMILES string of the molecule is CC(C)n1nc(Br)nc1O. The smallest absolute Gasteiger partial charge is 0.313 e. The second kappa shape index (κ2) is 2.57. The lowest BCUT2D eigenvalue weighted by Gasteiger charge is -2.02. The summed E-state index contributed by atoms with van der Waals surface area (Å²) in [5, 5.41) is 12.9. The fourth-order valence-electron chi connectivity index (χ4n) is 0.636. The third kappa shape index (κ3) is 1.29. The maximum Gasteiger partial charge on any atom is 0.313 e. The number of halogens is 1. The highest BCUT2D eigenvalue weighted by Crippen LogP contribution is 2.15. The van der Waals surface area contributed by atoms with Crippen molar-refractivity contribution in [3.05, 3.63) is 4.73 Å². The molecule has 0 aliphatic carbocycles. The van der Waals surface area contributed by atoms with Gasteiger partial charge < -0.3 is 5.11 Å². The Morgan fingerprint density at radius 2 is 2.20 bits per heavy atom. The van der Waals surface area contributed by atoms with Crippen molar-refractivity contribution in [1.29, 1.82) is 0 Å². The van der Waals surface area contributed by atoms with E-state index in [0.29, 0.717) is 4.73 Å². The minimum Gasteiger partial charge on any atom is -0.479 e. The van der Waals surface area contributed by atoms with Crippen LogP contribution < -0.4 is 0 Å². The molecule has 56 valence electrons. The molecule has 1 N–H and O–H groups in total. The third-order valence-corrected chi connectivity index (χ3v) is 1.41. The second-order valence-corrected chi connectivity index (χ2v) is 2.93. The summed E-state index contributed by atoms with van der Waals surface area (Å²) < 4.78 is 1.85. The summed E-state index contributed by atoms with van der Waals surface area (Å²) in [6, 6.07) is 0.0840. The van der Waals surface area contributed by atoms with E-state index in [2.05, 4.69) is 26.0 Å². The molecule has 0 bridgehead atoms. The maximum atomic E-state index is 9.06. The Morgan fingerprint density at radius 1 is 1.60 bits per heavy atom. The van der Waals surface area contributed by atoms with Crippen molar-refractivity contribution in [3.8, 4) is 6.01 Å². The zero-order valence-electron chi connectivity index (χ0n) is 5.74. The van der Waals surface area contributed by atoms with Gasteiger partial charge in [0.25, 0.3) is 0 Å². The second-order valence-electron chi connectivity index (χ2n) is 2.22. The average molecular weight is 206 g/mol. The number of aromatic hydroxyl groups is 1. The van der Waals surface area contributed by atoms with Gasteiger partial charge in [-0.05, 0) is 29.8 Å². The summed E-state index contributed by atoms with van der Waals surface area (Å²) in [5.74, 6) is 0. The lowest BCUT2D eigenvalue weighted by Crippen LogP contribution is -2.01. The van der Waals surface area contributed by atoms with Gasteiger partial charge in [-0.3, -0.25) is 0 Å². The number of hydrogen-bond acceptors (Lipinski definition) is 3. The molecule has 0 saturated heterocycles. The van der Waals surface area contributed by atoms with E-state index < -0.39 is 0 Å². The highest BCUT2D eigenvalue weighted by atomic mass is 79.9. The molecule has 0 unspecified atom stereocenters. The largest absolute Gasteiger partial charge is 0.479 e. The molecule has 0 spiro atoms. The van der Waals surface area contributed by atoms with Gasteiger partial charge in [-0.15, -0.1) is 5.10 Å². The van der Waals surface area contributed by atoms with Gasteiger partial charge in [0.05, 0.1) is 6.04 Å². The van der Waals surface area contributed by atoms with Crippen LogP contribution in [0.25, 0.3) is 0 Å². The van der Waals surface area contributed by atoms with Crippen molar-refractivity contribution < 1.29 is 5.11 Å². The Hall–Kier alpha value is -0.580. The fraction of sp³-hybridized carbons (Fsp3) is 0.600. The van der Waals surface area contributed by atoms with Crippen LogP contribution in [0.15, 0.2) is 4.73 Å². The first-order valence-electron chi connectivity index (χ1n) is 2.92. The van der Waals surface area contributed by atoms with Gasteiger partial charge in [-0.25, -0.2) is 4.68 Å². The molecule has 0 aliphatic heterocycles. The molecule has 1 aromatic heterocycles. The Bertz CT molecular complexity index is 233. The van der Waals surface area contributed by atoms with E-state index >= 15 is 0 Å². The van der Waals surface area contributed by atoms with E-state index in [0.717, 1.165) is 0 Å². The molecular formula is C5H8BrN3O. The van der Waals surface area contributed by atoms with Crippen molar-refractivity contribution in [3.63, 3.8) is 0 Å². The van der Waals surface area contributed by atoms with Gasteiger partial charge in [-0.2, -0.15) is 4.98 Å². The molecule has 0 fully saturated rings. The molecule has 0 amide bonds. The van der Waals surface area contributed by atoms with Crippen LogP contribution in [0, 0.1) is 0 Å². The standard InChI is InChI=1S/C5H8BrN3O/c1-3(2)9-5(10)7-4(6)8-9/h3H,1-2H3,(H,7,8,10). The van der Waals surface area contributed by atoms with Gasteiger partial charge in [0.1, 0.15) is 0 Å². The number of aromatic nitrogens is 3. The van der Waals surface area contributed by atoms with Crippen LogP contribution in [0.2, 0.25) is 0 Å². The predicted molar refractivity (Wildman–Crippen MR) is 39.8 cm³/mol. The van der Waals surface area contributed by atoms with Gasteiger partial charge in [0.15, 0.2) is 0 Å². The van der Waals surface area contributed by atoms with Crippen LogP contribution in [0.4, 0.5) is 0 Å². The molecule has 0 aliphatic rings. The van der Waals surface area contributed by atoms with Crippen LogP contribution >= 0.6 is 15.9 Å². The molecule has 0 aromatic carbocycles. The minimum absolute atomic E-state index is 0.0538. The lowest BCUT2D eigenvalue weighted by atomic mass is 10.4. The number of rotatable bonds is 1. The number of nitrogens with zero attached hydrogens (tertiary/aromatic N) is 3. The first-order chi connectivity index (χ1) is 4.61. The van der Waals surface area contributed by atoms with Crippen molar-refractivity contribution in [2.24, 2.45) is 0 Å². The lowest BCUT2D eigenvalue weighted by molar-refractivity contribution is 0.364. The van der Waals surface area contributed by atoms with E-state index in [4.69, 9.17) is 5.11 Å². The van der Waals surface area contributed by atoms with E-state index in [1.807, 2.05) is 13.8 Å². The van der Waals surface area contributed by atoms with Crippen LogP contribution in [-0.2, 0) is 0 Å². The van der Waals surface area contributed by atoms with Crippen molar-refractivity contribution in [1.82, 2.24) is 14.8 Å². The molecule has 5 heteroatoms. The zero-order valence-corrected chi connectivity index (χ0v) is 7.33. The van der Waals surface area contributed by atoms with Crippen molar-refractivity contribution >= 4 is 15.9 Å². The normalized spacial score (nSPS) is 10.8. The molecule has 4 nitrogen and oxygen atoms in total. The molecular weight excluding hydrogens is 198 g/mol. The summed E-state index contributed by atoms with van der Waals surface area (Å²) in [7, 11) is 0. The predicted octanol–water partition coefficient (Wildman–Crippen LogP) is 1.33. The van der Waals surface area contributed by atoms with Gasteiger partial charge in [0.2, 0.25) is 4.73 Å². The monoisotopic (exact) mass is 205 g/mol. The van der Waals surface area contributed by atoms with Gasteiger partial charge >= 0.3 is 6.01 Å². The third-order valence-electron chi connectivity index (χ3n) is 1.08. The quantitative estimate of drug-likeness (QED) is 0.753. The highest BCUT2D eigenvalue weighted by Gasteiger charge is 2.07.